The largest absolute Gasteiger partial charge is 0.480 e. The number of hydrogen-bond donors (Lipinski definition) is 2. The highest BCUT2D eigenvalue weighted by Gasteiger charge is 2.32. The van der Waals surface area contributed by atoms with Crippen molar-refractivity contribution in [2.45, 2.75) is 51.5 Å². The smallest absolute Gasteiger partial charge is 0.326 e. The number of carbonyl (C=O) groups excluding carboxylic acids is 1. The first-order valence-corrected chi connectivity index (χ1v) is 8.02. The number of rotatable bonds is 5. The lowest BCUT2D eigenvalue weighted by Gasteiger charge is -2.26. The molecular weight excluding hydrogens is 274 g/mol. The first-order valence-electron chi connectivity index (χ1n) is 7.14. The third-order valence-corrected chi connectivity index (χ3v) is 5.14. The maximum Gasteiger partial charge on any atom is 0.326 e. The van der Waals surface area contributed by atoms with E-state index in [-0.39, 0.29) is 17.7 Å². The van der Waals surface area contributed by atoms with Gasteiger partial charge in [-0.3, -0.25) is 4.79 Å². The molecule has 0 aromatic carbocycles. The number of carbonyl (C=O) groups is 2. The van der Waals surface area contributed by atoms with E-state index in [4.69, 9.17) is 0 Å². The molecule has 110 valence electrons. The van der Waals surface area contributed by atoms with Crippen LogP contribution in [0, 0.1) is 5.92 Å². The first-order chi connectivity index (χ1) is 9.54. The van der Waals surface area contributed by atoms with Gasteiger partial charge in [-0.05, 0) is 42.2 Å². The third-order valence-electron chi connectivity index (χ3n) is 4.15. The van der Waals surface area contributed by atoms with Gasteiger partial charge in [0.2, 0.25) is 5.91 Å². The van der Waals surface area contributed by atoms with Crippen LogP contribution in [-0.2, 0) is 16.0 Å². The lowest BCUT2D eigenvalue weighted by molar-refractivity contribution is -0.143. The Morgan fingerprint density at radius 1 is 1.55 bits per heavy atom. The fourth-order valence-electron chi connectivity index (χ4n) is 2.70. The van der Waals surface area contributed by atoms with Crippen molar-refractivity contribution in [3.8, 4) is 0 Å². The van der Waals surface area contributed by atoms with Gasteiger partial charge in [0.05, 0.1) is 5.92 Å². The molecule has 20 heavy (non-hydrogen) atoms. The number of carboxylic acids is 1. The average molecular weight is 295 g/mol. The van der Waals surface area contributed by atoms with Gasteiger partial charge < -0.3 is 10.4 Å². The molecule has 1 aromatic heterocycles. The molecule has 1 aromatic rings. The van der Waals surface area contributed by atoms with E-state index < -0.39 is 12.0 Å². The maximum absolute atomic E-state index is 12.4. The van der Waals surface area contributed by atoms with E-state index in [0.29, 0.717) is 0 Å². The van der Waals surface area contributed by atoms with Crippen LogP contribution in [0.15, 0.2) is 11.4 Å². The SMILES string of the molecule is CCC(C)C(NC(=O)C1CCCc2sccc21)C(=O)O. The summed E-state index contributed by atoms with van der Waals surface area (Å²) < 4.78 is 0. The van der Waals surface area contributed by atoms with E-state index in [1.165, 1.54) is 4.88 Å². The molecule has 1 aliphatic carbocycles. The minimum atomic E-state index is -0.950. The summed E-state index contributed by atoms with van der Waals surface area (Å²) in [6.45, 7) is 3.79. The van der Waals surface area contributed by atoms with E-state index >= 15 is 0 Å². The zero-order valence-electron chi connectivity index (χ0n) is 11.9. The number of carboxylic acid groups (broad SMARTS) is 1. The quantitative estimate of drug-likeness (QED) is 0.878. The van der Waals surface area contributed by atoms with Gasteiger partial charge in [-0.15, -0.1) is 11.3 Å². The van der Waals surface area contributed by atoms with E-state index in [0.717, 1.165) is 31.2 Å². The Bertz CT molecular complexity index is 497. The number of hydrogen-bond acceptors (Lipinski definition) is 3. The summed E-state index contributed by atoms with van der Waals surface area (Å²) in [6.07, 6.45) is 3.56. The molecule has 0 aliphatic heterocycles. The van der Waals surface area contributed by atoms with Crippen molar-refractivity contribution in [3.63, 3.8) is 0 Å². The van der Waals surface area contributed by atoms with Crippen LogP contribution in [0.4, 0.5) is 0 Å². The van der Waals surface area contributed by atoms with Crippen LogP contribution in [0.1, 0.15) is 49.5 Å². The van der Waals surface area contributed by atoms with Gasteiger partial charge in [-0.1, -0.05) is 20.3 Å². The average Bonchev–Trinajstić information content (AvgIpc) is 2.91. The molecule has 3 atom stereocenters. The van der Waals surface area contributed by atoms with Crippen molar-refractivity contribution < 1.29 is 14.7 Å². The highest BCUT2D eigenvalue weighted by Crippen LogP contribution is 2.35. The lowest BCUT2D eigenvalue weighted by atomic mass is 9.86. The number of nitrogens with one attached hydrogen (secondary N) is 1. The number of thiophene rings is 1. The van der Waals surface area contributed by atoms with Crippen molar-refractivity contribution in [2.24, 2.45) is 5.92 Å². The van der Waals surface area contributed by atoms with Crippen molar-refractivity contribution in [2.75, 3.05) is 0 Å². The van der Waals surface area contributed by atoms with Crippen LogP contribution < -0.4 is 5.32 Å². The fourth-order valence-corrected chi connectivity index (χ4v) is 3.68. The van der Waals surface area contributed by atoms with E-state index in [1.54, 1.807) is 11.3 Å². The Hall–Kier alpha value is -1.36. The van der Waals surface area contributed by atoms with Crippen molar-refractivity contribution in [1.29, 1.82) is 0 Å². The highest BCUT2D eigenvalue weighted by atomic mass is 32.1. The number of fused-ring (bicyclic) bond motifs is 1. The van der Waals surface area contributed by atoms with Crippen LogP contribution in [0.2, 0.25) is 0 Å². The minimum absolute atomic E-state index is 0.0676. The van der Waals surface area contributed by atoms with E-state index in [9.17, 15) is 14.7 Å². The first kappa shape index (κ1) is 15.0. The molecule has 2 N–H and O–H groups in total. The molecule has 4 nitrogen and oxygen atoms in total. The number of aliphatic carboxylic acids is 1. The van der Waals surface area contributed by atoms with Crippen LogP contribution in [0.25, 0.3) is 0 Å². The van der Waals surface area contributed by atoms with Crippen molar-refractivity contribution >= 4 is 23.2 Å². The summed E-state index contributed by atoms with van der Waals surface area (Å²) in [7, 11) is 0. The van der Waals surface area contributed by atoms with Crippen LogP contribution in [0.5, 0.6) is 0 Å². The molecule has 1 amide bonds. The van der Waals surface area contributed by atoms with Gasteiger partial charge in [-0.25, -0.2) is 4.79 Å². The van der Waals surface area contributed by atoms with Gasteiger partial charge in [-0.2, -0.15) is 0 Å². The highest BCUT2D eigenvalue weighted by molar-refractivity contribution is 7.10. The van der Waals surface area contributed by atoms with Gasteiger partial charge in [0.25, 0.3) is 0 Å². The Kier molecular flexibility index (Phi) is 4.81. The number of amides is 1. The van der Waals surface area contributed by atoms with Crippen LogP contribution in [0.3, 0.4) is 0 Å². The Morgan fingerprint density at radius 2 is 2.30 bits per heavy atom. The third kappa shape index (κ3) is 3.03. The standard InChI is InChI=1S/C15H21NO3S/c1-3-9(2)13(15(18)19)16-14(17)11-5-4-6-12-10(11)7-8-20-12/h7-9,11,13H,3-6H2,1-2H3,(H,16,17)(H,18,19). The zero-order chi connectivity index (χ0) is 14.7. The van der Waals surface area contributed by atoms with E-state index in [2.05, 4.69) is 5.32 Å². The number of aryl methyl sites for hydroxylation is 1. The summed E-state index contributed by atoms with van der Waals surface area (Å²) in [5, 5.41) is 14.0. The van der Waals surface area contributed by atoms with Gasteiger partial charge >= 0.3 is 5.97 Å². The van der Waals surface area contributed by atoms with Gasteiger partial charge in [0.15, 0.2) is 0 Å². The molecule has 0 spiro atoms. The zero-order valence-corrected chi connectivity index (χ0v) is 12.7. The second-order valence-corrected chi connectivity index (χ2v) is 6.45. The van der Waals surface area contributed by atoms with Gasteiger partial charge in [0.1, 0.15) is 6.04 Å². The molecule has 0 saturated heterocycles. The lowest BCUT2D eigenvalue weighted by Crippen LogP contribution is -2.47. The van der Waals surface area contributed by atoms with Gasteiger partial charge in [0, 0.05) is 4.88 Å². The van der Waals surface area contributed by atoms with E-state index in [1.807, 2.05) is 25.3 Å². The molecule has 1 aliphatic rings. The van der Waals surface area contributed by atoms with Crippen molar-refractivity contribution in [1.82, 2.24) is 5.32 Å². The predicted molar refractivity (Wildman–Crippen MR) is 79.0 cm³/mol. The van der Waals surface area contributed by atoms with Crippen LogP contribution >= 0.6 is 11.3 Å². The summed E-state index contributed by atoms with van der Waals surface area (Å²) in [4.78, 5) is 25.0. The summed E-state index contributed by atoms with van der Waals surface area (Å²) in [5.41, 5.74) is 1.09. The topological polar surface area (TPSA) is 66.4 Å². The second-order valence-electron chi connectivity index (χ2n) is 5.45. The van der Waals surface area contributed by atoms with Crippen LogP contribution in [-0.4, -0.2) is 23.0 Å². The molecule has 2 rings (SSSR count). The summed E-state index contributed by atoms with van der Waals surface area (Å²) >= 11 is 1.69. The normalized spacial score (nSPS) is 20.8. The summed E-state index contributed by atoms with van der Waals surface area (Å²) in [6, 6.07) is 1.21. The Morgan fingerprint density at radius 3 is 2.95 bits per heavy atom. The summed E-state index contributed by atoms with van der Waals surface area (Å²) in [5.74, 6) is -1.34. The molecule has 5 heteroatoms. The Labute approximate surface area is 123 Å². The molecule has 1 heterocycles. The molecule has 0 radical (unpaired) electrons. The second kappa shape index (κ2) is 6.39. The monoisotopic (exact) mass is 295 g/mol. The molecular formula is C15H21NO3S. The predicted octanol–water partition coefficient (Wildman–Crippen LogP) is 2.78. The maximum atomic E-state index is 12.4. The molecule has 3 unspecified atom stereocenters. The molecule has 0 bridgehead atoms. The Balaban J connectivity index is 2.11. The van der Waals surface area contributed by atoms with Crippen molar-refractivity contribution in [3.05, 3.63) is 21.9 Å². The fraction of sp³-hybridized carbons (Fsp3) is 0.600. The molecule has 0 fully saturated rings. The minimum Gasteiger partial charge on any atom is -0.480 e. The molecule has 0 saturated carbocycles.